The maximum absolute atomic E-state index is 4.92. The van der Waals surface area contributed by atoms with Crippen molar-refractivity contribution >= 4 is 12.2 Å². The highest BCUT2D eigenvalue weighted by molar-refractivity contribution is 7.71. The van der Waals surface area contributed by atoms with Crippen molar-refractivity contribution in [2.24, 2.45) is 0 Å². The van der Waals surface area contributed by atoms with Gasteiger partial charge in [0.15, 0.2) is 5.82 Å². The van der Waals surface area contributed by atoms with Gasteiger partial charge in [-0.1, -0.05) is 6.92 Å². The Morgan fingerprint density at radius 3 is 2.73 bits per heavy atom. The van der Waals surface area contributed by atoms with Crippen molar-refractivity contribution in [1.29, 1.82) is 0 Å². The van der Waals surface area contributed by atoms with E-state index in [-0.39, 0.29) is 0 Å². The smallest absolute Gasteiger partial charge is 0.213 e. The molecule has 2 aromatic heterocycles. The zero-order chi connectivity index (χ0) is 10.8. The van der Waals surface area contributed by atoms with E-state index in [9.17, 15) is 0 Å². The summed E-state index contributed by atoms with van der Waals surface area (Å²) in [5.74, 6) is 0.744. The van der Waals surface area contributed by atoms with Crippen molar-refractivity contribution in [3.63, 3.8) is 0 Å². The van der Waals surface area contributed by atoms with E-state index in [1.54, 1.807) is 0 Å². The third-order valence-electron chi connectivity index (χ3n) is 2.24. The molecule has 0 aliphatic rings. The molecule has 0 atom stereocenters. The molecule has 0 aliphatic heterocycles. The second kappa shape index (κ2) is 3.98. The fraction of sp³-hybridized carbons (Fsp3) is 0.444. The maximum Gasteiger partial charge on any atom is 0.213 e. The van der Waals surface area contributed by atoms with Crippen LogP contribution < -0.4 is 0 Å². The molecule has 0 saturated heterocycles. The van der Waals surface area contributed by atoms with E-state index in [1.165, 1.54) is 0 Å². The van der Waals surface area contributed by atoms with Crippen LogP contribution in [0.25, 0.3) is 11.5 Å². The Kier molecular flexibility index (Phi) is 2.68. The van der Waals surface area contributed by atoms with Crippen LogP contribution in [-0.2, 0) is 13.0 Å². The van der Waals surface area contributed by atoms with Crippen molar-refractivity contribution in [3.05, 3.63) is 16.5 Å². The molecule has 0 spiro atoms. The highest BCUT2D eigenvalue weighted by Crippen LogP contribution is 2.16. The number of aryl methyl sites for hydroxylation is 2. The van der Waals surface area contributed by atoms with Gasteiger partial charge in [-0.2, -0.15) is 10.1 Å². The van der Waals surface area contributed by atoms with Gasteiger partial charge < -0.3 is 0 Å². The van der Waals surface area contributed by atoms with Crippen LogP contribution in [-0.4, -0.2) is 25.0 Å². The molecular formula is C9H13N5S. The lowest BCUT2D eigenvalue weighted by Gasteiger charge is -1.99. The summed E-state index contributed by atoms with van der Waals surface area (Å²) in [6.45, 7) is 4.96. The fourth-order valence-corrected chi connectivity index (χ4v) is 1.61. The molecule has 2 heterocycles. The van der Waals surface area contributed by atoms with Crippen LogP contribution >= 0.6 is 12.2 Å². The molecule has 15 heavy (non-hydrogen) atoms. The minimum absolute atomic E-state index is 0.465. The van der Waals surface area contributed by atoms with Crippen molar-refractivity contribution in [3.8, 4) is 11.5 Å². The molecule has 0 aromatic carbocycles. The van der Waals surface area contributed by atoms with Gasteiger partial charge in [-0.05, 0) is 31.6 Å². The molecule has 0 amide bonds. The van der Waals surface area contributed by atoms with Crippen LogP contribution in [0.1, 0.15) is 19.5 Å². The number of nitrogens with one attached hydrogen (secondary N) is 2. The lowest BCUT2D eigenvalue weighted by molar-refractivity contribution is 0.652. The predicted molar refractivity (Wildman–Crippen MR) is 60.0 cm³/mol. The van der Waals surface area contributed by atoms with E-state index < -0.39 is 0 Å². The largest absolute Gasteiger partial charge is 0.280 e. The minimum Gasteiger partial charge on any atom is -0.280 e. The Morgan fingerprint density at radius 2 is 2.20 bits per heavy atom. The van der Waals surface area contributed by atoms with Gasteiger partial charge in [0.05, 0.1) is 5.69 Å². The Labute approximate surface area is 92.5 Å². The molecular weight excluding hydrogens is 210 g/mol. The molecule has 2 aromatic rings. The third-order valence-corrected chi connectivity index (χ3v) is 2.43. The van der Waals surface area contributed by atoms with Crippen LogP contribution in [0.15, 0.2) is 6.07 Å². The highest BCUT2D eigenvalue weighted by Gasteiger charge is 2.10. The molecule has 0 aliphatic carbocycles. The predicted octanol–water partition coefficient (Wildman–Crippen LogP) is 1.91. The lowest BCUT2D eigenvalue weighted by atomic mass is 10.3. The summed E-state index contributed by atoms with van der Waals surface area (Å²) < 4.78 is 2.38. The summed E-state index contributed by atoms with van der Waals surface area (Å²) in [5, 5.41) is 10.2. The number of hydrogen-bond donors (Lipinski definition) is 2. The van der Waals surface area contributed by atoms with Crippen molar-refractivity contribution in [2.75, 3.05) is 0 Å². The van der Waals surface area contributed by atoms with Crippen LogP contribution in [0.2, 0.25) is 0 Å². The monoisotopic (exact) mass is 223 g/mol. The second-order valence-corrected chi connectivity index (χ2v) is 3.59. The summed E-state index contributed by atoms with van der Waals surface area (Å²) in [6, 6.07) is 2.03. The van der Waals surface area contributed by atoms with E-state index >= 15 is 0 Å². The highest BCUT2D eigenvalue weighted by atomic mass is 32.1. The first-order chi connectivity index (χ1) is 7.24. The van der Waals surface area contributed by atoms with Crippen LogP contribution in [0.3, 0.4) is 0 Å². The summed E-state index contributed by atoms with van der Waals surface area (Å²) in [4.78, 5) is 4.18. The molecule has 2 rings (SSSR count). The summed E-state index contributed by atoms with van der Waals surface area (Å²) in [6.07, 6.45) is 0.922. The molecule has 0 unspecified atom stereocenters. The summed E-state index contributed by atoms with van der Waals surface area (Å²) in [7, 11) is 0. The summed E-state index contributed by atoms with van der Waals surface area (Å²) in [5.41, 5.74) is 2.04. The van der Waals surface area contributed by atoms with Crippen molar-refractivity contribution in [2.45, 2.75) is 26.8 Å². The standard InChI is InChI=1S/C9H13N5S/c1-3-6-5-7(14(4-2)13-6)8-10-9(15)12-11-8/h5H,3-4H2,1-2H3,(H2,10,11,12,15). The average Bonchev–Trinajstić information content (AvgIpc) is 2.82. The Balaban J connectivity index is 2.51. The number of nitrogens with zero attached hydrogens (tertiary/aromatic N) is 3. The van der Waals surface area contributed by atoms with E-state index in [1.807, 2.05) is 10.7 Å². The summed E-state index contributed by atoms with van der Waals surface area (Å²) >= 11 is 4.92. The number of aromatic amines is 2. The molecule has 6 heteroatoms. The Bertz CT molecular complexity index is 507. The Hall–Kier alpha value is -1.43. The van der Waals surface area contributed by atoms with Crippen LogP contribution in [0, 0.1) is 4.77 Å². The molecule has 80 valence electrons. The normalized spacial score (nSPS) is 10.8. The van der Waals surface area contributed by atoms with Crippen molar-refractivity contribution in [1.82, 2.24) is 25.0 Å². The Morgan fingerprint density at radius 1 is 1.40 bits per heavy atom. The van der Waals surface area contributed by atoms with Gasteiger partial charge in [0, 0.05) is 6.54 Å². The quantitative estimate of drug-likeness (QED) is 0.781. The lowest BCUT2D eigenvalue weighted by Crippen LogP contribution is -2.00. The van der Waals surface area contributed by atoms with E-state index in [2.05, 4.69) is 34.1 Å². The van der Waals surface area contributed by atoms with Gasteiger partial charge in [0.25, 0.3) is 0 Å². The third kappa shape index (κ3) is 1.85. The molecule has 0 bridgehead atoms. The topological polar surface area (TPSA) is 62.3 Å². The second-order valence-electron chi connectivity index (χ2n) is 3.21. The van der Waals surface area contributed by atoms with Crippen LogP contribution in [0.4, 0.5) is 0 Å². The molecule has 0 saturated carbocycles. The van der Waals surface area contributed by atoms with Crippen molar-refractivity contribution < 1.29 is 0 Å². The van der Waals surface area contributed by atoms with Gasteiger partial charge in [-0.3, -0.25) is 14.9 Å². The number of hydrogen-bond acceptors (Lipinski definition) is 3. The molecule has 2 N–H and O–H groups in total. The minimum atomic E-state index is 0.465. The average molecular weight is 223 g/mol. The van der Waals surface area contributed by atoms with Crippen LogP contribution in [0.5, 0.6) is 0 Å². The van der Waals surface area contributed by atoms with Gasteiger partial charge in [-0.25, -0.2) is 0 Å². The SMILES string of the molecule is CCc1cc(-c2nc(=S)[nH][nH]2)n(CC)n1. The van der Waals surface area contributed by atoms with E-state index in [4.69, 9.17) is 12.2 Å². The van der Waals surface area contributed by atoms with E-state index in [0.717, 1.165) is 30.2 Å². The fourth-order valence-electron chi connectivity index (χ4n) is 1.47. The first-order valence-electron chi connectivity index (χ1n) is 4.96. The number of rotatable bonds is 3. The number of H-pyrrole nitrogens is 2. The zero-order valence-corrected chi connectivity index (χ0v) is 9.56. The maximum atomic E-state index is 4.92. The molecule has 0 fully saturated rings. The zero-order valence-electron chi connectivity index (χ0n) is 8.74. The van der Waals surface area contributed by atoms with Gasteiger partial charge in [-0.15, -0.1) is 0 Å². The number of aromatic nitrogens is 5. The van der Waals surface area contributed by atoms with Gasteiger partial charge in [0.1, 0.15) is 5.69 Å². The first kappa shape index (κ1) is 10.1. The van der Waals surface area contributed by atoms with Gasteiger partial charge >= 0.3 is 0 Å². The molecule has 0 radical (unpaired) electrons. The molecule has 5 nitrogen and oxygen atoms in total. The van der Waals surface area contributed by atoms with Gasteiger partial charge in [0.2, 0.25) is 4.77 Å². The van der Waals surface area contributed by atoms with E-state index in [0.29, 0.717) is 4.77 Å². The first-order valence-corrected chi connectivity index (χ1v) is 5.37.